The van der Waals surface area contributed by atoms with Gasteiger partial charge in [-0.15, -0.1) is 0 Å². The molecule has 0 bridgehead atoms. The Morgan fingerprint density at radius 2 is 2.55 bits per heavy atom. The van der Waals surface area contributed by atoms with E-state index in [1.165, 1.54) is 0 Å². The number of hydrogen-bond donors (Lipinski definition) is 2. The number of rotatable bonds is 2. The van der Waals surface area contributed by atoms with Crippen LogP contribution >= 0.6 is 0 Å². The van der Waals surface area contributed by atoms with E-state index in [0.29, 0.717) is 5.56 Å². The molecular formula is C7H10N2O2. The number of ether oxygens (including phenoxy) is 1. The summed E-state index contributed by atoms with van der Waals surface area (Å²) in [6.07, 6.45) is 2.65. The van der Waals surface area contributed by atoms with Gasteiger partial charge in [0.05, 0.1) is 5.56 Å². The number of esters is 1. The maximum absolute atomic E-state index is 11.0. The second kappa shape index (κ2) is 3.21. The van der Waals surface area contributed by atoms with E-state index in [1.54, 1.807) is 25.4 Å². The standard InChI is InChI=1S/C7H10N2O2/c1-5(8)11-7(10)6-2-3-9-4-6/h2-5,9H,8H2,1H3. The molecule has 1 atom stereocenters. The van der Waals surface area contributed by atoms with Crippen LogP contribution in [0.1, 0.15) is 17.3 Å². The highest BCUT2D eigenvalue weighted by Crippen LogP contribution is 1.99. The molecule has 3 N–H and O–H groups in total. The van der Waals surface area contributed by atoms with Gasteiger partial charge in [-0.3, -0.25) is 5.73 Å². The highest BCUT2D eigenvalue weighted by Gasteiger charge is 2.07. The Bertz CT molecular complexity index is 229. The van der Waals surface area contributed by atoms with Crippen molar-refractivity contribution in [3.05, 3.63) is 24.0 Å². The summed E-state index contributed by atoms with van der Waals surface area (Å²) < 4.78 is 4.71. The third-order valence-corrected chi connectivity index (χ3v) is 1.13. The molecule has 0 spiro atoms. The Kier molecular flexibility index (Phi) is 2.28. The monoisotopic (exact) mass is 154 g/mol. The lowest BCUT2D eigenvalue weighted by atomic mass is 10.3. The minimum absolute atomic E-state index is 0.402. The molecule has 4 heteroatoms. The molecular weight excluding hydrogens is 144 g/mol. The van der Waals surface area contributed by atoms with Gasteiger partial charge in [0.15, 0.2) is 0 Å². The molecule has 0 amide bonds. The zero-order valence-corrected chi connectivity index (χ0v) is 6.20. The minimum Gasteiger partial charge on any atom is -0.443 e. The first-order valence-electron chi connectivity index (χ1n) is 3.29. The smallest absolute Gasteiger partial charge is 0.341 e. The number of aromatic nitrogens is 1. The first-order valence-corrected chi connectivity index (χ1v) is 3.29. The van der Waals surface area contributed by atoms with E-state index >= 15 is 0 Å². The van der Waals surface area contributed by atoms with Gasteiger partial charge in [0.1, 0.15) is 6.23 Å². The van der Waals surface area contributed by atoms with Crippen molar-refractivity contribution in [3.63, 3.8) is 0 Å². The number of carbonyl (C=O) groups is 1. The van der Waals surface area contributed by atoms with Gasteiger partial charge in [0.2, 0.25) is 0 Å². The number of hydrogen-bond acceptors (Lipinski definition) is 3. The van der Waals surface area contributed by atoms with E-state index in [1.807, 2.05) is 0 Å². The van der Waals surface area contributed by atoms with Crippen LogP contribution < -0.4 is 5.73 Å². The molecule has 1 heterocycles. The summed E-state index contributed by atoms with van der Waals surface area (Å²) in [5, 5.41) is 0. The van der Waals surface area contributed by atoms with Gasteiger partial charge in [0, 0.05) is 12.4 Å². The van der Waals surface area contributed by atoms with Crippen LogP contribution in [0.25, 0.3) is 0 Å². The summed E-state index contributed by atoms with van der Waals surface area (Å²) in [6, 6.07) is 1.63. The van der Waals surface area contributed by atoms with Crippen molar-refractivity contribution in [2.75, 3.05) is 0 Å². The fourth-order valence-electron chi connectivity index (χ4n) is 0.688. The van der Waals surface area contributed by atoms with Crippen molar-refractivity contribution in [1.82, 2.24) is 4.98 Å². The molecule has 0 aromatic carbocycles. The molecule has 0 aliphatic carbocycles. The van der Waals surface area contributed by atoms with Crippen LogP contribution in [-0.4, -0.2) is 17.2 Å². The second-order valence-electron chi connectivity index (χ2n) is 2.21. The number of nitrogens with two attached hydrogens (primary N) is 1. The number of H-pyrrole nitrogens is 1. The van der Waals surface area contributed by atoms with Crippen molar-refractivity contribution in [2.24, 2.45) is 5.73 Å². The first-order chi connectivity index (χ1) is 5.20. The third kappa shape index (κ3) is 2.09. The van der Waals surface area contributed by atoms with E-state index in [9.17, 15) is 4.79 Å². The van der Waals surface area contributed by atoms with E-state index in [-0.39, 0.29) is 0 Å². The highest BCUT2D eigenvalue weighted by atomic mass is 16.6. The van der Waals surface area contributed by atoms with Crippen LogP contribution in [0, 0.1) is 0 Å². The topological polar surface area (TPSA) is 68.1 Å². The van der Waals surface area contributed by atoms with E-state index < -0.39 is 12.2 Å². The maximum Gasteiger partial charge on any atom is 0.341 e. The Balaban J connectivity index is 2.57. The Morgan fingerprint density at radius 1 is 1.82 bits per heavy atom. The normalized spacial score (nSPS) is 12.5. The molecule has 4 nitrogen and oxygen atoms in total. The van der Waals surface area contributed by atoms with Crippen LogP contribution in [0.4, 0.5) is 0 Å². The quantitative estimate of drug-likeness (QED) is 0.480. The Hall–Kier alpha value is -1.29. The van der Waals surface area contributed by atoms with E-state index in [4.69, 9.17) is 10.5 Å². The largest absolute Gasteiger partial charge is 0.443 e. The Labute approximate surface area is 64.4 Å². The molecule has 0 saturated heterocycles. The van der Waals surface area contributed by atoms with Crippen LogP contribution in [-0.2, 0) is 4.74 Å². The maximum atomic E-state index is 11.0. The molecule has 1 unspecified atom stereocenters. The molecule has 0 saturated carbocycles. The Morgan fingerprint density at radius 3 is 3.00 bits per heavy atom. The van der Waals surface area contributed by atoms with Crippen molar-refractivity contribution in [2.45, 2.75) is 13.2 Å². The summed E-state index contributed by atoms with van der Waals surface area (Å²) >= 11 is 0. The molecule has 0 aliphatic rings. The summed E-state index contributed by atoms with van der Waals surface area (Å²) in [5.41, 5.74) is 5.73. The number of aromatic amines is 1. The van der Waals surface area contributed by atoms with Gasteiger partial charge in [-0.2, -0.15) is 0 Å². The zero-order valence-electron chi connectivity index (χ0n) is 6.20. The van der Waals surface area contributed by atoms with Gasteiger partial charge in [0.25, 0.3) is 0 Å². The minimum atomic E-state index is -0.558. The molecule has 0 radical (unpaired) electrons. The van der Waals surface area contributed by atoms with Gasteiger partial charge in [-0.25, -0.2) is 4.79 Å². The summed E-state index contributed by atoms with van der Waals surface area (Å²) in [4.78, 5) is 13.7. The summed E-state index contributed by atoms with van der Waals surface area (Å²) in [5.74, 6) is -0.402. The van der Waals surface area contributed by atoms with Crippen molar-refractivity contribution in [3.8, 4) is 0 Å². The molecule has 60 valence electrons. The van der Waals surface area contributed by atoms with Crippen LogP contribution in [0.3, 0.4) is 0 Å². The van der Waals surface area contributed by atoms with E-state index in [0.717, 1.165) is 0 Å². The summed E-state index contributed by atoms with van der Waals surface area (Å²) in [7, 11) is 0. The van der Waals surface area contributed by atoms with Gasteiger partial charge < -0.3 is 9.72 Å². The molecule has 0 aliphatic heterocycles. The zero-order chi connectivity index (χ0) is 8.27. The predicted molar refractivity (Wildman–Crippen MR) is 39.9 cm³/mol. The average molecular weight is 154 g/mol. The molecule has 11 heavy (non-hydrogen) atoms. The number of nitrogens with one attached hydrogen (secondary N) is 1. The first kappa shape index (κ1) is 7.81. The fourth-order valence-corrected chi connectivity index (χ4v) is 0.688. The van der Waals surface area contributed by atoms with Crippen molar-refractivity contribution >= 4 is 5.97 Å². The van der Waals surface area contributed by atoms with E-state index in [2.05, 4.69) is 4.98 Å². The van der Waals surface area contributed by atoms with Crippen LogP contribution in [0.5, 0.6) is 0 Å². The van der Waals surface area contributed by atoms with Gasteiger partial charge in [-0.05, 0) is 13.0 Å². The van der Waals surface area contributed by atoms with Crippen LogP contribution in [0.15, 0.2) is 18.5 Å². The second-order valence-corrected chi connectivity index (χ2v) is 2.21. The fraction of sp³-hybridized carbons (Fsp3) is 0.286. The molecule has 0 fully saturated rings. The summed E-state index contributed by atoms with van der Waals surface area (Å²) in [6.45, 7) is 1.60. The van der Waals surface area contributed by atoms with Crippen molar-refractivity contribution < 1.29 is 9.53 Å². The average Bonchev–Trinajstić information content (AvgIpc) is 2.35. The van der Waals surface area contributed by atoms with Crippen molar-refractivity contribution in [1.29, 1.82) is 0 Å². The molecule has 1 aromatic heterocycles. The lowest BCUT2D eigenvalue weighted by molar-refractivity contribution is 0.0355. The molecule has 1 aromatic rings. The number of carbonyl (C=O) groups excluding carboxylic acids is 1. The molecule has 1 rings (SSSR count). The predicted octanol–water partition coefficient (Wildman–Crippen LogP) is 0.476. The van der Waals surface area contributed by atoms with Gasteiger partial charge >= 0.3 is 5.97 Å². The van der Waals surface area contributed by atoms with Crippen LogP contribution in [0.2, 0.25) is 0 Å². The third-order valence-electron chi connectivity index (χ3n) is 1.13. The SMILES string of the molecule is CC(N)OC(=O)c1cc[nH]c1. The van der Waals surface area contributed by atoms with Gasteiger partial charge in [-0.1, -0.05) is 0 Å². The highest BCUT2D eigenvalue weighted by molar-refractivity contribution is 5.89. The lowest BCUT2D eigenvalue weighted by Gasteiger charge is -2.05. The lowest BCUT2D eigenvalue weighted by Crippen LogP contribution is -2.23.